The Bertz CT molecular complexity index is 1150. The summed E-state index contributed by atoms with van der Waals surface area (Å²) in [6, 6.07) is 17.3. The number of amides is 1. The molecule has 1 aliphatic heterocycles. The summed E-state index contributed by atoms with van der Waals surface area (Å²) in [5.41, 5.74) is 2.78. The number of aromatic nitrogens is 2. The zero-order chi connectivity index (χ0) is 23.0. The van der Waals surface area contributed by atoms with E-state index in [2.05, 4.69) is 16.3 Å². The fourth-order valence-electron chi connectivity index (χ4n) is 4.21. The summed E-state index contributed by atoms with van der Waals surface area (Å²) >= 11 is 0. The fourth-order valence-corrected chi connectivity index (χ4v) is 4.21. The van der Waals surface area contributed by atoms with Gasteiger partial charge in [0.15, 0.2) is 11.7 Å². The van der Waals surface area contributed by atoms with E-state index >= 15 is 0 Å². The van der Waals surface area contributed by atoms with E-state index in [9.17, 15) is 10.1 Å². The molecule has 170 valence electrons. The van der Waals surface area contributed by atoms with Crippen LogP contribution in [0.3, 0.4) is 0 Å². The van der Waals surface area contributed by atoms with Gasteiger partial charge in [-0.05, 0) is 42.7 Å². The van der Waals surface area contributed by atoms with E-state index in [-0.39, 0.29) is 5.91 Å². The van der Waals surface area contributed by atoms with Crippen molar-refractivity contribution in [1.29, 1.82) is 5.26 Å². The summed E-state index contributed by atoms with van der Waals surface area (Å²) in [7, 11) is 1.61. The normalized spacial score (nSPS) is 15.2. The van der Waals surface area contributed by atoms with Crippen LogP contribution in [0.25, 0.3) is 11.0 Å². The molecule has 0 aliphatic carbocycles. The molecule has 1 unspecified atom stereocenters. The highest BCUT2D eigenvalue weighted by Crippen LogP contribution is 2.29. The van der Waals surface area contributed by atoms with Crippen LogP contribution in [0.2, 0.25) is 0 Å². The molecule has 0 spiro atoms. The Labute approximate surface area is 194 Å². The Balaban J connectivity index is 1.64. The minimum atomic E-state index is -1.05. The highest BCUT2D eigenvalue weighted by molar-refractivity contribution is 5.88. The van der Waals surface area contributed by atoms with Gasteiger partial charge in [0.1, 0.15) is 11.4 Å². The van der Waals surface area contributed by atoms with Gasteiger partial charge in [0.05, 0.1) is 24.2 Å². The summed E-state index contributed by atoms with van der Waals surface area (Å²) in [5.74, 6) is -0.0524. The second kappa shape index (κ2) is 10.8. The quantitative estimate of drug-likeness (QED) is 0.610. The van der Waals surface area contributed by atoms with Gasteiger partial charge in [-0.25, -0.2) is 9.97 Å². The number of carbonyl (C=O) groups is 1. The maximum absolute atomic E-state index is 13.1. The lowest BCUT2D eigenvalue weighted by atomic mass is 10.0. The average Bonchev–Trinajstić information content (AvgIpc) is 2.83. The summed E-state index contributed by atoms with van der Waals surface area (Å²) in [6.45, 7) is 2.00. The zero-order valence-electron chi connectivity index (χ0n) is 19.0. The molecule has 7 nitrogen and oxygen atoms in total. The Morgan fingerprint density at radius 3 is 2.45 bits per heavy atom. The van der Waals surface area contributed by atoms with Crippen LogP contribution in [0.4, 0.5) is 5.82 Å². The molecular weight excluding hydrogens is 414 g/mol. The van der Waals surface area contributed by atoms with Gasteiger partial charge in [-0.15, -0.1) is 0 Å². The maximum Gasteiger partial charge on any atom is 0.243 e. The van der Waals surface area contributed by atoms with Crippen LogP contribution in [0.1, 0.15) is 49.3 Å². The van der Waals surface area contributed by atoms with Gasteiger partial charge in [-0.3, -0.25) is 4.79 Å². The number of hydrogen-bond donors (Lipinski definition) is 1. The summed E-state index contributed by atoms with van der Waals surface area (Å²) < 4.78 is 5.25. The predicted molar refractivity (Wildman–Crippen MR) is 128 cm³/mol. The molecule has 1 fully saturated rings. The van der Waals surface area contributed by atoms with E-state index in [1.165, 1.54) is 19.3 Å². The largest absolute Gasteiger partial charge is 0.497 e. The number of carbonyl (C=O) groups excluding carboxylic acids is 1. The van der Waals surface area contributed by atoms with Gasteiger partial charge < -0.3 is 15.0 Å². The maximum atomic E-state index is 13.1. The number of hydrogen-bond acceptors (Lipinski definition) is 6. The van der Waals surface area contributed by atoms with Crippen molar-refractivity contribution < 1.29 is 9.53 Å². The Kier molecular flexibility index (Phi) is 7.36. The third-order valence-electron chi connectivity index (χ3n) is 6.00. The monoisotopic (exact) mass is 443 g/mol. The summed E-state index contributed by atoms with van der Waals surface area (Å²) in [6.07, 6.45) is 5.73. The van der Waals surface area contributed by atoms with E-state index < -0.39 is 5.92 Å². The minimum Gasteiger partial charge on any atom is -0.497 e. The zero-order valence-corrected chi connectivity index (χ0v) is 19.0. The number of benzene rings is 2. The number of ether oxygens (including phenoxy) is 1. The van der Waals surface area contributed by atoms with Crippen LogP contribution in [0.15, 0.2) is 48.5 Å². The van der Waals surface area contributed by atoms with Crippen molar-refractivity contribution in [2.24, 2.45) is 0 Å². The van der Waals surface area contributed by atoms with Crippen molar-refractivity contribution in [2.45, 2.75) is 44.6 Å². The second-order valence-corrected chi connectivity index (χ2v) is 8.31. The fraction of sp³-hybridized carbons (Fsp3) is 0.385. The molecule has 1 amide bonds. The summed E-state index contributed by atoms with van der Waals surface area (Å²) in [4.78, 5) is 25.0. The van der Waals surface area contributed by atoms with E-state index in [0.29, 0.717) is 23.6 Å². The van der Waals surface area contributed by atoms with Gasteiger partial charge in [0.25, 0.3) is 0 Å². The Hall–Kier alpha value is -3.66. The average molecular weight is 444 g/mol. The molecule has 1 aliphatic rings. The lowest BCUT2D eigenvalue weighted by Gasteiger charge is -2.28. The third-order valence-corrected chi connectivity index (χ3v) is 6.00. The van der Waals surface area contributed by atoms with Crippen LogP contribution >= 0.6 is 0 Å². The molecule has 1 atom stereocenters. The van der Waals surface area contributed by atoms with Gasteiger partial charge >= 0.3 is 0 Å². The lowest BCUT2D eigenvalue weighted by Crippen LogP contribution is -2.33. The van der Waals surface area contributed by atoms with Crippen LogP contribution in [-0.4, -0.2) is 36.1 Å². The van der Waals surface area contributed by atoms with Crippen molar-refractivity contribution in [3.05, 3.63) is 59.8 Å². The SMILES string of the molecule is COc1cccc(CNC(=O)C(C#N)c2nc3ccccc3nc2N2CCCCCCC2)c1. The van der Waals surface area contributed by atoms with Gasteiger partial charge in [-0.2, -0.15) is 5.26 Å². The predicted octanol–water partition coefficient (Wildman–Crippen LogP) is 4.33. The lowest BCUT2D eigenvalue weighted by molar-refractivity contribution is -0.121. The topological polar surface area (TPSA) is 91.1 Å². The Morgan fingerprint density at radius 2 is 1.76 bits per heavy atom. The number of para-hydroxylation sites is 2. The van der Waals surface area contributed by atoms with Crippen molar-refractivity contribution in [1.82, 2.24) is 15.3 Å². The first-order valence-electron chi connectivity index (χ1n) is 11.5. The van der Waals surface area contributed by atoms with Gasteiger partial charge in [-0.1, -0.05) is 43.5 Å². The van der Waals surface area contributed by atoms with E-state index in [1.807, 2.05) is 48.5 Å². The third kappa shape index (κ3) is 5.40. The molecule has 7 heteroatoms. The van der Waals surface area contributed by atoms with Gasteiger partial charge in [0.2, 0.25) is 5.91 Å². The van der Waals surface area contributed by atoms with Crippen LogP contribution in [0.5, 0.6) is 5.75 Å². The second-order valence-electron chi connectivity index (χ2n) is 8.31. The number of fused-ring (bicyclic) bond motifs is 1. The molecule has 0 saturated carbocycles. The van der Waals surface area contributed by atoms with Crippen molar-refractivity contribution in [2.75, 3.05) is 25.1 Å². The van der Waals surface area contributed by atoms with Crippen LogP contribution < -0.4 is 15.0 Å². The van der Waals surface area contributed by atoms with Crippen LogP contribution in [0, 0.1) is 11.3 Å². The molecule has 0 bridgehead atoms. The smallest absolute Gasteiger partial charge is 0.243 e. The molecular formula is C26H29N5O2. The molecule has 1 saturated heterocycles. The van der Waals surface area contributed by atoms with Crippen molar-refractivity contribution in [3.63, 3.8) is 0 Å². The van der Waals surface area contributed by atoms with Gasteiger partial charge in [0, 0.05) is 19.6 Å². The number of methoxy groups -OCH3 is 1. The molecule has 1 aromatic heterocycles. The standard InChI is InChI=1S/C26H29N5O2/c1-33-20-11-9-10-19(16-20)18-28-26(32)21(17-27)24-25(31-14-7-3-2-4-8-15-31)30-23-13-6-5-12-22(23)29-24/h5-6,9-13,16,21H,2-4,7-8,14-15,18H2,1H3,(H,28,32). The Morgan fingerprint density at radius 1 is 1.06 bits per heavy atom. The minimum absolute atomic E-state index is 0.300. The highest BCUT2D eigenvalue weighted by Gasteiger charge is 2.29. The number of nitrogens with one attached hydrogen (secondary N) is 1. The van der Waals surface area contributed by atoms with E-state index in [0.717, 1.165) is 42.8 Å². The molecule has 2 aromatic carbocycles. The number of nitrogens with zero attached hydrogens (tertiary/aromatic N) is 4. The molecule has 0 radical (unpaired) electrons. The van der Waals surface area contributed by atoms with E-state index in [4.69, 9.17) is 14.7 Å². The first-order chi connectivity index (χ1) is 16.2. The molecule has 4 rings (SSSR count). The van der Waals surface area contributed by atoms with Crippen molar-refractivity contribution in [3.8, 4) is 11.8 Å². The first kappa shape index (κ1) is 22.5. The molecule has 3 aromatic rings. The van der Waals surface area contributed by atoms with E-state index in [1.54, 1.807) is 7.11 Å². The van der Waals surface area contributed by atoms with Crippen LogP contribution in [-0.2, 0) is 11.3 Å². The number of anilines is 1. The first-order valence-corrected chi connectivity index (χ1v) is 11.5. The highest BCUT2D eigenvalue weighted by atomic mass is 16.5. The molecule has 33 heavy (non-hydrogen) atoms. The number of nitriles is 1. The number of rotatable bonds is 6. The van der Waals surface area contributed by atoms with Crippen molar-refractivity contribution >= 4 is 22.8 Å². The summed E-state index contributed by atoms with van der Waals surface area (Å²) in [5, 5.41) is 12.9. The molecule has 2 heterocycles. The molecule has 1 N–H and O–H groups in total.